The number of halogens is 1. The maximum Gasteiger partial charge on any atom is 0.0558 e. The zero-order chi connectivity index (χ0) is 12.0. The number of benzene rings is 1. The van der Waals surface area contributed by atoms with E-state index in [1.54, 1.807) is 0 Å². The van der Waals surface area contributed by atoms with Crippen LogP contribution in [0.1, 0.15) is 11.1 Å². The van der Waals surface area contributed by atoms with Gasteiger partial charge in [0.05, 0.1) is 6.61 Å². The molecule has 0 bridgehead atoms. The van der Waals surface area contributed by atoms with E-state index in [1.807, 2.05) is 6.08 Å². The van der Waals surface area contributed by atoms with Crippen LogP contribution in [0, 0.1) is 6.92 Å². The number of aryl methyl sites for hydroxylation is 1. The second kappa shape index (κ2) is 6.84. The van der Waals surface area contributed by atoms with Crippen LogP contribution in [0.5, 0.6) is 0 Å². The molecule has 1 N–H and O–H groups in total. The Kier molecular flexibility index (Phi) is 5.74. The van der Waals surface area contributed by atoms with Gasteiger partial charge < -0.3 is 5.11 Å². The van der Waals surface area contributed by atoms with E-state index in [-0.39, 0.29) is 6.61 Å². The van der Waals surface area contributed by atoms with Gasteiger partial charge in [0.1, 0.15) is 0 Å². The molecule has 0 aliphatic heterocycles. The lowest BCUT2D eigenvalue weighted by molar-refractivity contribution is 0.203. The molecular formula is C13H18BrNO. The standard InChI is InChI=1S/C13H18BrNO/c1-3-6-15(7-8-16)10-12-5-4-11(2)9-13(12)14/h3-5,9,16H,1,6-8,10H2,2H3. The largest absolute Gasteiger partial charge is 0.395 e. The average Bonchev–Trinajstić information content (AvgIpc) is 2.23. The van der Waals surface area contributed by atoms with Gasteiger partial charge in [-0.25, -0.2) is 0 Å². The van der Waals surface area contributed by atoms with Crippen LogP contribution in [0.3, 0.4) is 0 Å². The summed E-state index contributed by atoms with van der Waals surface area (Å²) in [5, 5.41) is 8.97. The van der Waals surface area contributed by atoms with Crippen molar-refractivity contribution in [1.29, 1.82) is 0 Å². The summed E-state index contributed by atoms with van der Waals surface area (Å²) in [4.78, 5) is 2.16. The lowest BCUT2D eigenvalue weighted by Crippen LogP contribution is -2.26. The Morgan fingerprint density at radius 1 is 1.50 bits per heavy atom. The van der Waals surface area contributed by atoms with E-state index in [9.17, 15) is 0 Å². The molecule has 0 saturated carbocycles. The molecular weight excluding hydrogens is 266 g/mol. The summed E-state index contributed by atoms with van der Waals surface area (Å²) in [7, 11) is 0. The summed E-state index contributed by atoms with van der Waals surface area (Å²) in [5.74, 6) is 0. The van der Waals surface area contributed by atoms with Crippen LogP contribution < -0.4 is 0 Å². The van der Waals surface area contributed by atoms with E-state index in [2.05, 4.69) is 52.5 Å². The molecule has 1 aromatic carbocycles. The monoisotopic (exact) mass is 283 g/mol. The molecule has 0 fully saturated rings. The molecule has 3 heteroatoms. The van der Waals surface area contributed by atoms with Crippen molar-refractivity contribution in [3.8, 4) is 0 Å². The molecule has 88 valence electrons. The van der Waals surface area contributed by atoms with Gasteiger partial charge in [0.25, 0.3) is 0 Å². The Morgan fingerprint density at radius 3 is 2.81 bits per heavy atom. The molecule has 0 heterocycles. The second-order valence-corrected chi connectivity index (χ2v) is 4.70. The molecule has 2 nitrogen and oxygen atoms in total. The van der Waals surface area contributed by atoms with Gasteiger partial charge >= 0.3 is 0 Å². The molecule has 0 aromatic heterocycles. The van der Waals surface area contributed by atoms with E-state index in [4.69, 9.17) is 5.11 Å². The summed E-state index contributed by atoms with van der Waals surface area (Å²) < 4.78 is 1.12. The first-order valence-electron chi connectivity index (χ1n) is 5.36. The molecule has 0 spiro atoms. The van der Waals surface area contributed by atoms with Crippen molar-refractivity contribution in [2.24, 2.45) is 0 Å². The number of aliphatic hydroxyl groups excluding tert-OH is 1. The normalized spacial score (nSPS) is 10.8. The van der Waals surface area contributed by atoms with Crippen molar-refractivity contribution in [3.63, 3.8) is 0 Å². The molecule has 1 rings (SSSR count). The maximum atomic E-state index is 8.97. The molecule has 0 unspecified atom stereocenters. The van der Waals surface area contributed by atoms with Gasteiger partial charge in [-0.05, 0) is 24.1 Å². The van der Waals surface area contributed by atoms with Crippen molar-refractivity contribution in [2.45, 2.75) is 13.5 Å². The Labute approximate surface area is 106 Å². The van der Waals surface area contributed by atoms with Gasteiger partial charge in [-0.15, -0.1) is 6.58 Å². The van der Waals surface area contributed by atoms with Crippen LogP contribution in [0.2, 0.25) is 0 Å². The SMILES string of the molecule is C=CCN(CCO)Cc1ccc(C)cc1Br. The lowest BCUT2D eigenvalue weighted by atomic mass is 10.1. The van der Waals surface area contributed by atoms with E-state index in [0.717, 1.165) is 17.6 Å². The first-order valence-corrected chi connectivity index (χ1v) is 6.15. The third-order valence-electron chi connectivity index (χ3n) is 2.41. The Balaban J connectivity index is 2.72. The fourth-order valence-corrected chi connectivity index (χ4v) is 2.20. The average molecular weight is 284 g/mol. The highest BCUT2D eigenvalue weighted by Gasteiger charge is 2.06. The lowest BCUT2D eigenvalue weighted by Gasteiger charge is -2.20. The van der Waals surface area contributed by atoms with Gasteiger partial charge in [0, 0.05) is 24.1 Å². The Morgan fingerprint density at radius 2 is 2.25 bits per heavy atom. The number of hydrogen-bond donors (Lipinski definition) is 1. The van der Waals surface area contributed by atoms with Crippen LogP contribution >= 0.6 is 15.9 Å². The minimum Gasteiger partial charge on any atom is -0.395 e. The molecule has 0 amide bonds. The molecule has 1 aromatic rings. The second-order valence-electron chi connectivity index (χ2n) is 3.84. The topological polar surface area (TPSA) is 23.5 Å². The third-order valence-corrected chi connectivity index (χ3v) is 3.14. The summed E-state index contributed by atoms with van der Waals surface area (Å²) in [6, 6.07) is 6.33. The zero-order valence-electron chi connectivity index (χ0n) is 9.62. The molecule has 0 saturated heterocycles. The number of aliphatic hydroxyl groups is 1. The first kappa shape index (κ1) is 13.4. The highest BCUT2D eigenvalue weighted by Crippen LogP contribution is 2.19. The van der Waals surface area contributed by atoms with Crippen LogP contribution in [0.4, 0.5) is 0 Å². The molecule has 0 aliphatic carbocycles. The fraction of sp³-hybridized carbons (Fsp3) is 0.385. The van der Waals surface area contributed by atoms with Gasteiger partial charge in [-0.3, -0.25) is 4.90 Å². The molecule has 0 atom stereocenters. The predicted molar refractivity (Wildman–Crippen MR) is 71.4 cm³/mol. The molecule has 0 aliphatic rings. The smallest absolute Gasteiger partial charge is 0.0558 e. The van der Waals surface area contributed by atoms with Crippen molar-refractivity contribution in [1.82, 2.24) is 4.90 Å². The summed E-state index contributed by atoms with van der Waals surface area (Å²) >= 11 is 3.56. The van der Waals surface area contributed by atoms with E-state index in [0.29, 0.717) is 6.54 Å². The van der Waals surface area contributed by atoms with E-state index >= 15 is 0 Å². The summed E-state index contributed by atoms with van der Waals surface area (Å²) in [5.41, 5.74) is 2.48. The summed E-state index contributed by atoms with van der Waals surface area (Å²) in [6.07, 6.45) is 1.86. The first-order chi connectivity index (χ1) is 7.67. The Hall–Kier alpha value is -0.640. The van der Waals surface area contributed by atoms with Crippen LogP contribution in [-0.2, 0) is 6.54 Å². The van der Waals surface area contributed by atoms with Crippen molar-refractivity contribution < 1.29 is 5.11 Å². The van der Waals surface area contributed by atoms with E-state index < -0.39 is 0 Å². The summed E-state index contributed by atoms with van der Waals surface area (Å²) in [6.45, 7) is 8.27. The van der Waals surface area contributed by atoms with Crippen LogP contribution in [0.15, 0.2) is 35.3 Å². The van der Waals surface area contributed by atoms with Gasteiger partial charge in [0.15, 0.2) is 0 Å². The minimum absolute atomic E-state index is 0.178. The highest BCUT2D eigenvalue weighted by atomic mass is 79.9. The predicted octanol–water partition coefficient (Wildman–Crippen LogP) is 2.74. The number of hydrogen-bond acceptors (Lipinski definition) is 2. The Bertz CT molecular complexity index is 352. The van der Waals surface area contributed by atoms with Crippen LogP contribution in [0.25, 0.3) is 0 Å². The fourth-order valence-electron chi connectivity index (χ4n) is 1.58. The number of rotatable bonds is 6. The van der Waals surface area contributed by atoms with Gasteiger partial charge in [0.2, 0.25) is 0 Å². The minimum atomic E-state index is 0.178. The third kappa shape index (κ3) is 4.08. The van der Waals surface area contributed by atoms with E-state index in [1.165, 1.54) is 11.1 Å². The zero-order valence-corrected chi connectivity index (χ0v) is 11.2. The van der Waals surface area contributed by atoms with Crippen LogP contribution in [-0.4, -0.2) is 29.7 Å². The number of nitrogens with zero attached hydrogens (tertiary/aromatic N) is 1. The van der Waals surface area contributed by atoms with Gasteiger partial charge in [-0.2, -0.15) is 0 Å². The maximum absolute atomic E-state index is 8.97. The van der Waals surface area contributed by atoms with Crippen molar-refractivity contribution in [3.05, 3.63) is 46.5 Å². The van der Waals surface area contributed by atoms with Crippen molar-refractivity contribution in [2.75, 3.05) is 19.7 Å². The quantitative estimate of drug-likeness (QED) is 0.812. The highest BCUT2D eigenvalue weighted by molar-refractivity contribution is 9.10. The van der Waals surface area contributed by atoms with Gasteiger partial charge in [-0.1, -0.05) is 34.1 Å². The van der Waals surface area contributed by atoms with Crippen molar-refractivity contribution >= 4 is 15.9 Å². The molecule has 16 heavy (non-hydrogen) atoms. The molecule has 0 radical (unpaired) electrons.